The van der Waals surface area contributed by atoms with Gasteiger partial charge in [-0.25, -0.2) is 0 Å². The molecule has 0 saturated heterocycles. The minimum Gasteiger partial charge on any atom is -0.409 e. The molecule has 1 rings (SSSR count). The number of amides is 1. The summed E-state index contributed by atoms with van der Waals surface area (Å²) in [5.41, 5.74) is 6.85. The molecule has 1 amide bonds. The van der Waals surface area contributed by atoms with Crippen LogP contribution in [-0.2, 0) is 0 Å². The van der Waals surface area contributed by atoms with Gasteiger partial charge in [-0.1, -0.05) is 29.7 Å². The van der Waals surface area contributed by atoms with Crippen molar-refractivity contribution >= 4 is 23.3 Å². The molecular weight excluding hydrogens is 266 g/mol. The number of aryl methyl sites for hydroxylation is 1. The third-order valence-electron chi connectivity index (χ3n) is 2.85. The second kappa shape index (κ2) is 6.99. The number of nitrogens with two attached hydrogens (primary N) is 1. The largest absolute Gasteiger partial charge is 0.409 e. The maximum atomic E-state index is 12.0. The average molecular weight is 284 g/mol. The molecule has 0 aromatic heterocycles. The molecule has 5 nitrogen and oxygen atoms in total. The molecule has 0 saturated carbocycles. The van der Waals surface area contributed by atoms with Crippen molar-refractivity contribution < 1.29 is 10.0 Å². The Bertz CT molecular complexity index is 489. The van der Waals surface area contributed by atoms with Gasteiger partial charge in [-0.15, -0.1) is 0 Å². The highest BCUT2D eigenvalue weighted by Crippen LogP contribution is 2.16. The molecule has 0 fully saturated rings. The molecular formula is C13H18ClN3O2. The third-order valence-corrected chi connectivity index (χ3v) is 3.25. The second-order valence-electron chi connectivity index (χ2n) is 4.34. The number of oxime groups is 1. The van der Waals surface area contributed by atoms with E-state index in [0.717, 1.165) is 5.56 Å². The molecule has 19 heavy (non-hydrogen) atoms. The lowest BCUT2D eigenvalue weighted by molar-refractivity contribution is 0.0937. The van der Waals surface area contributed by atoms with Crippen molar-refractivity contribution in [2.45, 2.75) is 32.7 Å². The van der Waals surface area contributed by atoms with Crippen LogP contribution in [0.2, 0.25) is 5.02 Å². The summed E-state index contributed by atoms with van der Waals surface area (Å²) in [5.74, 6) is -0.131. The first-order chi connectivity index (χ1) is 8.97. The number of carbonyl (C=O) groups excluding carboxylic acids is 1. The van der Waals surface area contributed by atoms with E-state index < -0.39 is 0 Å². The average Bonchev–Trinajstić information content (AvgIpc) is 2.40. The van der Waals surface area contributed by atoms with Gasteiger partial charge in [-0.05, 0) is 31.0 Å². The van der Waals surface area contributed by atoms with Gasteiger partial charge in [0.05, 0.1) is 0 Å². The fraction of sp³-hybridized carbons (Fsp3) is 0.385. The maximum absolute atomic E-state index is 12.0. The lowest BCUT2D eigenvalue weighted by Crippen LogP contribution is -2.37. The van der Waals surface area contributed by atoms with Gasteiger partial charge in [0, 0.05) is 23.0 Å². The van der Waals surface area contributed by atoms with Crippen LogP contribution in [0.4, 0.5) is 0 Å². The van der Waals surface area contributed by atoms with Gasteiger partial charge in [-0.3, -0.25) is 4.79 Å². The first-order valence-electron chi connectivity index (χ1n) is 6.01. The number of carbonyl (C=O) groups is 1. The van der Waals surface area contributed by atoms with E-state index in [1.54, 1.807) is 18.2 Å². The Balaban J connectivity index is 2.74. The SMILES string of the molecule is CCC(CC(N)=NO)NC(=O)c1ccc(C)c(Cl)c1. The Hall–Kier alpha value is -1.75. The van der Waals surface area contributed by atoms with Gasteiger partial charge < -0.3 is 16.3 Å². The van der Waals surface area contributed by atoms with Crippen molar-refractivity contribution in [1.29, 1.82) is 0 Å². The molecule has 0 spiro atoms. The summed E-state index contributed by atoms with van der Waals surface area (Å²) in [4.78, 5) is 12.0. The fourth-order valence-corrected chi connectivity index (χ4v) is 1.77. The lowest BCUT2D eigenvalue weighted by atomic mass is 10.1. The van der Waals surface area contributed by atoms with E-state index in [0.29, 0.717) is 23.4 Å². The van der Waals surface area contributed by atoms with Crippen LogP contribution in [0.5, 0.6) is 0 Å². The Kier molecular flexibility index (Phi) is 5.63. The molecule has 1 atom stereocenters. The van der Waals surface area contributed by atoms with E-state index in [4.69, 9.17) is 22.5 Å². The molecule has 0 aliphatic heterocycles. The van der Waals surface area contributed by atoms with E-state index in [1.807, 2.05) is 13.8 Å². The Labute approximate surface area is 117 Å². The van der Waals surface area contributed by atoms with Gasteiger partial charge in [0.1, 0.15) is 5.84 Å². The molecule has 6 heteroatoms. The summed E-state index contributed by atoms with van der Waals surface area (Å²) >= 11 is 5.98. The van der Waals surface area contributed by atoms with Gasteiger partial charge in [0.2, 0.25) is 0 Å². The van der Waals surface area contributed by atoms with Gasteiger partial charge in [-0.2, -0.15) is 0 Å². The third kappa shape index (κ3) is 4.44. The number of benzene rings is 1. The highest BCUT2D eigenvalue weighted by atomic mass is 35.5. The number of amidine groups is 1. The molecule has 0 radical (unpaired) electrons. The van der Waals surface area contributed by atoms with Crippen molar-refractivity contribution in [2.75, 3.05) is 0 Å². The van der Waals surface area contributed by atoms with Crippen molar-refractivity contribution in [1.82, 2.24) is 5.32 Å². The monoisotopic (exact) mass is 283 g/mol. The Morgan fingerprint density at radius 2 is 2.26 bits per heavy atom. The second-order valence-corrected chi connectivity index (χ2v) is 4.75. The number of halogens is 1. The highest BCUT2D eigenvalue weighted by Gasteiger charge is 2.14. The van der Waals surface area contributed by atoms with Crippen LogP contribution in [0.25, 0.3) is 0 Å². The quantitative estimate of drug-likeness (QED) is 0.335. The van der Waals surface area contributed by atoms with Gasteiger partial charge in [0.25, 0.3) is 5.91 Å². The van der Waals surface area contributed by atoms with Crippen molar-refractivity contribution in [3.8, 4) is 0 Å². The number of hydrogen-bond donors (Lipinski definition) is 3. The fourth-order valence-electron chi connectivity index (χ4n) is 1.59. The number of rotatable bonds is 5. The summed E-state index contributed by atoms with van der Waals surface area (Å²) in [5, 5.41) is 14.8. The minimum atomic E-state index is -0.223. The first-order valence-corrected chi connectivity index (χ1v) is 6.39. The molecule has 0 bridgehead atoms. The lowest BCUT2D eigenvalue weighted by Gasteiger charge is -2.16. The molecule has 1 aromatic carbocycles. The van der Waals surface area contributed by atoms with Crippen LogP contribution in [0, 0.1) is 6.92 Å². The van der Waals surface area contributed by atoms with E-state index >= 15 is 0 Å². The number of hydrogen-bond acceptors (Lipinski definition) is 3. The van der Waals surface area contributed by atoms with Gasteiger partial charge >= 0.3 is 0 Å². The molecule has 1 aromatic rings. The zero-order valence-electron chi connectivity index (χ0n) is 11.0. The topological polar surface area (TPSA) is 87.7 Å². The minimum absolute atomic E-state index is 0.0917. The van der Waals surface area contributed by atoms with Crippen LogP contribution < -0.4 is 11.1 Å². The van der Waals surface area contributed by atoms with Crippen LogP contribution >= 0.6 is 11.6 Å². The van der Waals surface area contributed by atoms with E-state index in [2.05, 4.69) is 10.5 Å². The van der Waals surface area contributed by atoms with Gasteiger partial charge in [0.15, 0.2) is 0 Å². The highest BCUT2D eigenvalue weighted by molar-refractivity contribution is 6.31. The Morgan fingerprint density at radius 1 is 1.58 bits per heavy atom. The molecule has 0 aliphatic rings. The van der Waals surface area contributed by atoms with Crippen molar-refractivity contribution in [3.05, 3.63) is 34.3 Å². The van der Waals surface area contributed by atoms with Crippen molar-refractivity contribution in [2.24, 2.45) is 10.9 Å². The zero-order chi connectivity index (χ0) is 14.4. The molecule has 0 heterocycles. The van der Waals surface area contributed by atoms with E-state index in [-0.39, 0.29) is 17.8 Å². The van der Waals surface area contributed by atoms with Crippen molar-refractivity contribution in [3.63, 3.8) is 0 Å². The summed E-state index contributed by atoms with van der Waals surface area (Å²) < 4.78 is 0. The van der Waals surface area contributed by atoms with Crippen LogP contribution in [0.1, 0.15) is 35.7 Å². The van der Waals surface area contributed by atoms with Crippen LogP contribution in [-0.4, -0.2) is 23.0 Å². The van der Waals surface area contributed by atoms with E-state index in [1.165, 1.54) is 0 Å². The Morgan fingerprint density at radius 3 is 2.79 bits per heavy atom. The molecule has 0 aliphatic carbocycles. The zero-order valence-corrected chi connectivity index (χ0v) is 11.7. The maximum Gasteiger partial charge on any atom is 0.251 e. The number of nitrogens with zero attached hydrogens (tertiary/aromatic N) is 1. The van der Waals surface area contributed by atoms with Crippen LogP contribution in [0.15, 0.2) is 23.4 Å². The summed E-state index contributed by atoms with van der Waals surface area (Å²) in [6.45, 7) is 3.79. The standard InChI is InChI=1S/C13H18ClN3O2/c1-3-10(7-12(15)17-19)16-13(18)9-5-4-8(2)11(14)6-9/h4-6,10,19H,3,7H2,1-2H3,(H2,15,17)(H,16,18). The molecule has 4 N–H and O–H groups in total. The molecule has 104 valence electrons. The summed E-state index contributed by atoms with van der Waals surface area (Å²) in [6, 6.07) is 4.96. The van der Waals surface area contributed by atoms with Crippen LogP contribution in [0.3, 0.4) is 0 Å². The summed E-state index contributed by atoms with van der Waals surface area (Å²) in [6.07, 6.45) is 0.986. The normalized spacial score (nSPS) is 13.1. The molecule has 1 unspecified atom stereocenters. The predicted octanol–water partition coefficient (Wildman–Crippen LogP) is 2.29. The smallest absolute Gasteiger partial charge is 0.251 e. The predicted molar refractivity (Wildman–Crippen MR) is 75.8 cm³/mol. The first kappa shape index (κ1) is 15.3. The summed E-state index contributed by atoms with van der Waals surface area (Å²) in [7, 11) is 0. The number of nitrogens with one attached hydrogen (secondary N) is 1. The van der Waals surface area contributed by atoms with E-state index in [9.17, 15) is 4.79 Å².